The summed E-state index contributed by atoms with van der Waals surface area (Å²) in [5.41, 5.74) is 2.30. The Hall–Kier alpha value is -1.81. The lowest BCUT2D eigenvalue weighted by Gasteiger charge is -2.08. The summed E-state index contributed by atoms with van der Waals surface area (Å²) in [6.45, 7) is 1.96. The molecule has 0 saturated heterocycles. The Balaban J connectivity index is 2.21. The molecule has 0 spiro atoms. The number of benzene rings is 2. The maximum Gasteiger partial charge on any atom is 0.255 e. The predicted octanol–water partition coefficient (Wildman–Crippen LogP) is 3.72. The van der Waals surface area contributed by atoms with Crippen molar-refractivity contribution in [3.63, 3.8) is 0 Å². The fraction of sp³-hybridized carbons (Fsp3) is 0.0714. The largest absolute Gasteiger partial charge is 0.508 e. The van der Waals surface area contributed by atoms with Crippen LogP contribution < -0.4 is 5.32 Å². The molecule has 0 fully saturated rings. The van der Waals surface area contributed by atoms with Gasteiger partial charge in [-0.3, -0.25) is 4.79 Å². The Morgan fingerprint density at radius 2 is 1.83 bits per heavy atom. The number of nitrogens with one attached hydrogen (secondary N) is 1. The molecule has 2 aromatic carbocycles. The van der Waals surface area contributed by atoms with E-state index in [9.17, 15) is 4.79 Å². The van der Waals surface area contributed by atoms with Crippen molar-refractivity contribution in [1.29, 1.82) is 0 Å². The average Bonchev–Trinajstić information content (AvgIpc) is 2.34. The molecule has 1 amide bonds. The fourth-order valence-corrected chi connectivity index (χ4v) is 1.89. The Morgan fingerprint density at radius 1 is 1.17 bits per heavy atom. The summed E-state index contributed by atoms with van der Waals surface area (Å²) in [6.07, 6.45) is 0. The van der Waals surface area contributed by atoms with Crippen LogP contribution in [-0.4, -0.2) is 11.0 Å². The van der Waals surface area contributed by atoms with Crippen LogP contribution in [0.15, 0.2) is 46.9 Å². The second-order valence-electron chi connectivity index (χ2n) is 3.98. The number of carbonyl (C=O) groups excluding carboxylic acids is 1. The van der Waals surface area contributed by atoms with E-state index < -0.39 is 0 Å². The van der Waals surface area contributed by atoms with E-state index in [0.717, 1.165) is 15.7 Å². The zero-order valence-corrected chi connectivity index (χ0v) is 11.4. The number of phenols is 1. The molecule has 0 bridgehead atoms. The Kier molecular flexibility index (Phi) is 3.67. The maximum absolute atomic E-state index is 12.0. The first-order valence-electron chi connectivity index (χ1n) is 5.43. The smallest absolute Gasteiger partial charge is 0.255 e. The minimum Gasteiger partial charge on any atom is -0.508 e. The molecule has 18 heavy (non-hydrogen) atoms. The van der Waals surface area contributed by atoms with Gasteiger partial charge >= 0.3 is 0 Å². The molecule has 0 radical (unpaired) electrons. The van der Waals surface area contributed by atoms with Crippen LogP contribution >= 0.6 is 15.9 Å². The first kappa shape index (κ1) is 12.6. The zero-order chi connectivity index (χ0) is 13.1. The third-order valence-electron chi connectivity index (χ3n) is 2.50. The number of amides is 1. The van der Waals surface area contributed by atoms with Gasteiger partial charge < -0.3 is 10.4 Å². The lowest BCUT2D eigenvalue weighted by molar-refractivity contribution is 0.102. The highest BCUT2D eigenvalue weighted by Gasteiger charge is 2.08. The summed E-state index contributed by atoms with van der Waals surface area (Å²) in [5, 5.41) is 12.0. The molecule has 0 heterocycles. The van der Waals surface area contributed by atoms with Crippen molar-refractivity contribution >= 4 is 27.5 Å². The van der Waals surface area contributed by atoms with E-state index in [2.05, 4.69) is 21.2 Å². The van der Waals surface area contributed by atoms with Gasteiger partial charge in [0.2, 0.25) is 0 Å². The van der Waals surface area contributed by atoms with Crippen molar-refractivity contribution in [2.45, 2.75) is 6.92 Å². The summed E-state index contributed by atoms with van der Waals surface area (Å²) in [7, 11) is 0. The second-order valence-corrected chi connectivity index (χ2v) is 4.84. The topological polar surface area (TPSA) is 49.3 Å². The Bertz CT molecular complexity index is 579. The molecule has 92 valence electrons. The zero-order valence-electron chi connectivity index (χ0n) is 9.77. The molecule has 2 aromatic rings. The molecule has 0 aliphatic carbocycles. The number of rotatable bonds is 2. The van der Waals surface area contributed by atoms with Gasteiger partial charge in [-0.2, -0.15) is 0 Å². The van der Waals surface area contributed by atoms with E-state index in [1.54, 1.807) is 12.1 Å². The van der Waals surface area contributed by atoms with Gasteiger partial charge in [0.15, 0.2) is 0 Å². The van der Waals surface area contributed by atoms with Crippen molar-refractivity contribution in [2.24, 2.45) is 0 Å². The Morgan fingerprint density at radius 3 is 2.50 bits per heavy atom. The number of hydrogen-bond donors (Lipinski definition) is 2. The standard InChI is InChI=1S/C14H12BrNO2/c1-9-2-7-12(15)13(8-9)16-14(18)10-3-5-11(17)6-4-10/h2-8,17H,1H3,(H,16,18). The van der Waals surface area contributed by atoms with Crippen LogP contribution in [0.25, 0.3) is 0 Å². The molecular weight excluding hydrogens is 294 g/mol. The molecule has 2 rings (SSSR count). The summed E-state index contributed by atoms with van der Waals surface area (Å²) in [4.78, 5) is 12.0. The van der Waals surface area contributed by atoms with Crippen LogP contribution in [0.1, 0.15) is 15.9 Å². The van der Waals surface area contributed by atoms with Crippen molar-refractivity contribution in [3.8, 4) is 5.75 Å². The van der Waals surface area contributed by atoms with Crippen LogP contribution in [0.5, 0.6) is 5.75 Å². The van der Waals surface area contributed by atoms with Gasteiger partial charge in [-0.15, -0.1) is 0 Å². The van der Waals surface area contributed by atoms with Crippen molar-refractivity contribution < 1.29 is 9.90 Å². The second kappa shape index (κ2) is 5.23. The summed E-state index contributed by atoms with van der Waals surface area (Å²) in [5.74, 6) is -0.0652. The lowest BCUT2D eigenvalue weighted by atomic mass is 10.2. The van der Waals surface area contributed by atoms with E-state index in [1.165, 1.54) is 12.1 Å². The van der Waals surface area contributed by atoms with E-state index >= 15 is 0 Å². The number of anilines is 1. The number of carbonyl (C=O) groups is 1. The van der Waals surface area contributed by atoms with Gasteiger partial charge in [-0.05, 0) is 64.8 Å². The lowest BCUT2D eigenvalue weighted by Crippen LogP contribution is -2.12. The molecule has 0 aromatic heterocycles. The molecular formula is C14H12BrNO2. The molecule has 3 nitrogen and oxygen atoms in total. The highest BCUT2D eigenvalue weighted by molar-refractivity contribution is 9.10. The van der Waals surface area contributed by atoms with Gasteiger partial charge in [-0.25, -0.2) is 0 Å². The fourth-order valence-electron chi connectivity index (χ4n) is 1.54. The van der Waals surface area contributed by atoms with Gasteiger partial charge in [0.1, 0.15) is 5.75 Å². The minimum atomic E-state index is -0.207. The third kappa shape index (κ3) is 2.90. The average molecular weight is 306 g/mol. The maximum atomic E-state index is 12.0. The Labute approximate surface area is 114 Å². The summed E-state index contributed by atoms with van der Waals surface area (Å²) >= 11 is 3.39. The predicted molar refractivity (Wildman–Crippen MR) is 74.9 cm³/mol. The third-order valence-corrected chi connectivity index (χ3v) is 3.19. The molecule has 0 unspecified atom stereocenters. The highest BCUT2D eigenvalue weighted by Crippen LogP contribution is 2.24. The quantitative estimate of drug-likeness (QED) is 0.888. The minimum absolute atomic E-state index is 0.142. The van der Waals surface area contributed by atoms with E-state index in [-0.39, 0.29) is 11.7 Å². The van der Waals surface area contributed by atoms with Gasteiger partial charge in [0.25, 0.3) is 5.91 Å². The number of aryl methyl sites for hydroxylation is 1. The van der Waals surface area contributed by atoms with Gasteiger partial charge in [-0.1, -0.05) is 6.07 Å². The van der Waals surface area contributed by atoms with Crippen molar-refractivity contribution in [1.82, 2.24) is 0 Å². The SMILES string of the molecule is Cc1ccc(Br)c(NC(=O)c2ccc(O)cc2)c1. The van der Waals surface area contributed by atoms with Gasteiger partial charge in [0.05, 0.1) is 5.69 Å². The molecule has 0 aliphatic heterocycles. The van der Waals surface area contributed by atoms with Crippen LogP contribution in [0.2, 0.25) is 0 Å². The number of hydrogen-bond acceptors (Lipinski definition) is 2. The molecule has 0 atom stereocenters. The summed E-state index contributed by atoms with van der Waals surface area (Å²) < 4.78 is 0.834. The van der Waals surface area contributed by atoms with Crippen LogP contribution in [0.3, 0.4) is 0 Å². The van der Waals surface area contributed by atoms with E-state index in [0.29, 0.717) is 5.56 Å². The van der Waals surface area contributed by atoms with Crippen LogP contribution in [-0.2, 0) is 0 Å². The van der Waals surface area contributed by atoms with E-state index in [4.69, 9.17) is 5.11 Å². The highest BCUT2D eigenvalue weighted by atomic mass is 79.9. The number of aromatic hydroxyl groups is 1. The van der Waals surface area contributed by atoms with Crippen molar-refractivity contribution in [3.05, 3.63) is 58.1 Å². The first-order chi connectivity index (χ1) is 8.56. The van der Waals surface area contributed by atoms with Crippen LogP contribution in [0.4, 0.5) is 5.69 Å². The first-order valence-corrected chi connectivity index (χ1v) is 6.22. The number of halogens is 1. The number of phenolic OH excluding ortho intramolecular Hbond substituents is 1. The van der Waals surface area contributed by atoms with Crippen LogP contribution in [0, 0.1) is 6.92 Å². The monoisotopic (exact) mass is 305 g/mol. The molecule has 0 saturated carbocycles. The normalized spacial score (nSPS) is 10.1. The molecule has 0 aliphatic rings. The summed E-state index contributed by atoms with van der Waals surface area (Å²) in [6, 6.07) is 11.9. The molecule has 4 heteroatoms. The molecule has 2 N–H and O–H groups in total. The van der Waals surface area contributed by atoms with Gasteiger partial charge in [0, 0.05) is 10.0 Å². The van der Waals surface area contributed by atoms with Crippen molar-refractivity contribution in [2.75, 3.05) is 5.32 Å². The van der Waals surface area contributed by atoms with E-state index in [1.807, 2.05) is 25.1 Å².